The minimum Gasteiger partial charge on any atom is -0.357 e. The van der Waals surface area contributed by atoms with Gasteiger partial charge in [0.15, 0.2) is 5.65 Å². The van der Waals surface area contributed by atoms with Crippen molar-refractivity contribution >= 4 is 17.0 Å². The number of rotatable bonds is 3. The lowest BCUT2D eigenvalue weighted by molar-refractivity contribution is 0.436. The van der Waals surface area contributed by atoms with Gasteiger partial charge in [-0.1, -0.05) is 25.2 Å². The fourth-order valence-electron chi connectivity index (χ4n) is 3.86. The van der Waals surface area contributed by atoms with E-state index in [1.54, 1.807) is 0 Å². The summed E-state index contributed by atoms with van der Waals surface area (Å²) in [6.45, 7) is 4.52. The third-order valence-electron chi connectivity index (χ3n) is 5.61. The normalized spacial score (nSPS) is 17.7. The highest BCUT2D eigenvalue weighted by atomic mass is 15.2. The first-order valence-electron chi connectivity index (χ1n) is 9.69. The molecule has 27 heavy (non-hydrogen) atoms. The molecule has 0 saturated carbocycles. The van der Waals surface area contributed by atoms with Gasteiger partial charge in [0, 0.05) is 31.0 Å². The summed E-state index contributed by atoms with van der Waals surface area (Å²) in [5.41, 5.74) is 5.13. The Labute approximate surface area is 159 Å². The number of fused-ring (bicyclic) bond motifs is 1. The van der Waals surface area contributed by atoms with E-state index in [2.05, 4.69) is 62.7 Å². The van der Waals surface area contributed by atoms with Gasteiger partial charge in [-0.3, -0.25) is 9.38 Å². The SMILES string of the molecule is CC1CCN(c2ccc(-c3cn4c(C5=CCC=C5)cnc4cn3)cn2)CC1. The van der Waals surface area contributed by atoms with E-state index in [1.807, 2.05) is 18.6 Å². The number of anilines is 1. The Bertz CT molecular complexity index is 1020. The topological polar surface area (TPSA) is 46.3 Å². The van der Waals surface area contributed by atoms with Gasteiger partial charge < -0.3 is 4.90 Å². The zero-order chi connectivity index (χ0) is 18.2. The van der Waals surface area contributed by atoms with Crippen molar-refractivity contribution < 1.29 is 0 Å². The maximum atomic E-state index is 4.71. The number of hydrogen-bond donors (Lipinski definition) is 0. The second kappa shape index (κ2) is 6.65. The number of hydrogen-bond acceptors (Lipinski definition) is 4. The van der Waals surface area contributed by atoms with E-state index < -0.39 is 0 Å². The van der Waals surface area contributed by atoms with Gasteiger partial charge in [0.05, 0.1) is 23.8 Å². The Morgan fingerprint density at radius 3 is 2.63 bits per heavy atom. The second-order valence-electron chi connectivity index (χ2n) is 7.52. The van der Waals surface area contributed by atoms with Gasteiger partial charge in [-0.05, 0) is 42.9 Å². The molecule has 5 nitrogen and oxygen atoms in total. The summed E-state index contributed by atoms with van der Waals surface area (Å²) in [7, 11) is 0. The molecule has 3 aromatic rings. The van der Waals surface area contributed by atoms with Crippen LogP contribution in [0.3, 0.4) is 0 Å². The van der Waals surface area contributed by atoms with Crippen LogP contribution in [0, 0.1) is 5.92 Å². The van der Waals surface area contributed by atoms with Crippen molar-refractivity contribution in [2.45, 2.75) is 26.2 Å². The number of pyridine rings is 1. The summed E-state index contributed by atoms with van der Waals surface area (Å²) in [6.07, 6.45) is 17.8. The van der Waals surface area contributed by atoms with E-state index >= 15 is 0 Å². The standard InChI is InChI=1S/C22H23N5/c1-16-8-10-26(11-9-16)21-7-6-18(12-24-21)19-15-27-20(17-4-2-3-5-17)13-25-22(27)14-23-19/h2,4-7,12-16H,3,8-11H2,1H3. The van der Waals surface area contributed by atoms with Gasteiger partial charge in [-0.2, -0.15) is 0 Å². The Balaban J connectivity index is 1.45. The molecule has 0 aromatic carbocycles. The van der Waals surface area contributed by atoms with E-state index in [-0.39, 0.29) is 0 Å². The molecule has 1 fully saturated rings. The number of nitrogens with zero attached hydrogens (tertiary/aromatic N) is 5. The van der Waals surface area contributed by atoms with Crippen LogP contribution in [0.5, 0.6) is 0 Å². The molecule has 0 spiro atoms. The summed E-state index contributed by atoms with van der Waals surface area (Å²) >= 11 is 0. The van der Waals surface area contributed by atoms with Crippen LogP contribution < -0.4 is 4.90 Å². The number of imidazole rings is 1. The average molecular weight is 357 g/mol. The fourth-order valence-corrected chi connectivity index (χ4v) is 3.86. The predicted molar refractivity (Wildman–Crippen MR) is 109 cm³/mol. The van der Waals surface area contributed by atoms with Gasteiger partial charge in [-0.25, -0.2) is 9.97 Å². The Kier molecular flexibility index (Phi) is 4.00. The number of aromatic nitrogens is 4. The first kappa shape index (κ1) is 16.2. The van der Waals surface area contributed by atoms with Gasteiger partial charge in [-0.15, -0.1) is 0 Å². The largest absolute Gasteiger partial charge is 0.357 e. The van der Waals surface area contributed by atoms with Gasteiger partial charge in [0.25, 0.3) is 0 Å². The maximum Gasteiger partial charge on any atom is 0.155 e. The third kappa shape index (κ3) is 3.03. The molecule has 0 unspecified atom stereocenters. The monoisotopic (exact) mass is 357 g/mol. The zero-order valence-corrected chi connectivity index (χ0v) is 15.5. The minimum absolute atomic E-state index is 0.825. The van der Waals surface area contributed by atoms with Crippen LogP contribution in [0.15, 0.2) is 55.1 Å². The molecule has 0 bridgehead atoms. The highest BCUT2D eigenvalue weighted by Crippen LogP contribution is 2.26. The zero-order valence-electron chi connectivity index (χ0n) is 15.5. The van der Waals surface area contributed by atoms with Crippen molar-refractivity contribution in [1.29, 1.82) is 0 Å². The van der Waals surface area contributed by atoms with Crippen molar-refractivity contribution in [2.75, 3.05) is 18.0 Å². The fraction of sp³-hybridized carbons (Fsp3) is 0.318. The molecule has 2 aliphatic rings. The molecular weight excluding hydrogens is 334 g/mol. The van der Waals surface area contributed by atoms with Crippen molar-refractivity contribution in [3.63, 3.8) is 0 Å². The van der Waals surface area contributed by atoms with Crippen molar-refractivity contribution in [2.24, 2.45) is 5.92 Å². The summed E-state index contributed by atoms with van der Waals surface area (Å²) in [6, 6.07) is 4.24. The van der Waals surface area contributed by atoms with E-state index in [0.29, 0.717) is 0 Å². The molecule has 1 aliphatic heterocycles. The van der Waals surface area contributed by atoms with Crippen molar-refractivity contribution in [1.82, 2.24) is 19.4 Å². The van der Waals surface area contributed by atoms with Crippen LogP contribution in [-0.2, 0) is 0 Å². The van der Waals surface area contributed by atoms with E-state index in [0.717, 1.165) is 53.8 Å². The molecule has 0 atom stereocenters. The molecule has 1 aliphatic carbocycles. The highest BCUT2D eigenvalue weighted by molar-refractivity contribution is 5.76. The van der Waals surface area contributed by atoms with Gasteiger partial charge in [0.2, 0.25) is 0 Å². The van der Waals surface area contributed by atoms with E-state index in [4.69, 9.17) is 4.98 Å². The molecule has 0 radical (unpaired) electrons. The molecule has 0 amide bonds. The molecule has 3 aromatic heterocycles. The highest BCUT2D eigenvalue weighted by Gasteiger charge is 2.17. The first-order valence-corrected chi connectivity index (χ1v) is 9.69. The molecule has 4 heterocycles. The molecular formula is C22H23N5. The second-order valence-corrected chi connectivity index (χ2v) is 7.52. The van der Waals surface area contributed by atoms with Gasteiger partial charge in [0.1, 0.15) is 5.82 Å². The van der Waals surface area contributed by atoms with E-state index in [1.165, 1.54) is 18.4 Å². The Morgan fingerprint density at radius 2 is 1.89 bits per heavy atom. The molecule has 0 N–H and O–H groups in total. The lowest BCUT2D eigenvalue weighted by Gasteiger charge is -2.31. The number of piperidine rings is 1. The molecule has 1 saturated heterocycles. The molecule has 5 rings (SSSR count). The minimum atomic E-state index is 0.825. The maximum absolute atomic E-state index is 4.71. The average Bonchev–Trinajstić information content (AvgIpc) is 3.38. The molecule has 5 heteroatoms. The Hall–Kier alpha value is -2.95. The van der Waals surface area contributed by atoms with Crippen LogP contribution in [-0.4, -0.2) is 32.4 Å². The lowest BCUT2D eigenvalue weighted by atomic mass is 9.99. The van der Waals surface area contributed by atoms with Crippen molar-refractivity contribution in [3.05, 3.63) is 60.8 Å². The van der Waals surface area contributed by atoms with Crippen LogP contribution in [0.2, 0.25) is 0 Å². The third-order valence-corrected chi connectivity index (χ3v) is 5.61. The van der Waals surface area contributed by atoms with Crippen LogP contribution in [0.4, 0.5) is 5.82 Å². The van der Waals surface area contributed by atoms with Gasteiger partial charge >= 0.3 is 0 Å². The summed E-state index contributed by atoms with van der Waals surface area (Å²) < 4.78 is 2.11. The molecule has 136 valence electrons. The summed E-state index contributed by atoms with van der Waals surface area (Å²) in [5, 5.41) is 0. The summed E-state index contributed by atoms with van der Waals surface area (Å²) in [4.78, 5) is 16.2. The van der Waals surface area contributed by atoms with Crippen LogP contribution >= 0.6 is 0 Å². The number of allylic oxidation sites excluding steroid dienone is 4. The van der Waals surface area contributed by atoms with E-state index in [9.17, 15) is 0 Å². The van der Waals surface area contributed by atoms with Crippen molar-refractivity contribution in [3.8, 4) is 11.3 Å². The quantitative estimate of drug-likeness (QED) is 0.698. The van der Waals surface area contributed by atoms with Crippen LogP contribution in [0.25, 0.3) is 22.5 Å². The first-order chi connectivity index (χ1) is 13.3. The van der Waals surface area contributed by atoms with Crippen LogP contribution in [0.1, 0.15) is 31.9 Å². The smallest absolute Gasteiger partial charge is 0.155 e. The predicted octanol–water partition coefficient (Wildman–Crippen LogP) is 4.37. The lowest BCUT2D eigenvalue weighted by Crippen LogP contribution is -2.33. The Morgan fingerprint density at radius 1 is 1.00 bits per heavy atom. The summed E-state index contributed by atoms with van der Waals surface area (Å²) in [5.74, 6) is 1.89.